The molecule has 11 heteroatoms. The highest BCUT2D eigenvalue weighted by atomic mass is 16.6. The Kier molecular flexibility index (Phi) is 13.5. The number of fused-ring (bicyclic) bond motifs is 1. The van der Waals surface area contributed by atoms with Crippen molar-refractivity contribution in [3.63, 3.8) is 0 Å². The van der Waals surface area contributed by atoms with Gasteiger partial charge < -0.3 is 38.8 Å². The van der Waals surface area contributed by atoms with Crippen LogP contribution >= 0.6 is 0 Å². The lowest BCUT2D eigenvalue weighted by Gasteiger charge is -2.39. The number of nitrogens with one attached hydrogen (secondary N) is 1. The van der Waals surface area contributed by atoms with Crippen molar-refractivity contribution in [1.82, 2.24) is 9.88 Å². The Bertz CT molecular complexity index is 1580. The number of ether oxygens (including phenoxy) is 5. The summed E-state index contributed by atoms with van der Waals surface area (Å²) in [6.45, 7) is 9.61. The molecular weight excluding hydrogens is 648 g/mol. The molecule has 0 aliphatic carbocycles. The van der Waals surface area contributed by atoms with Crippen molar-refractivity contribution in [2.45, 2.75) is 83.5 Å². The van der Waals surface area contributed by atoms with E-state index in [4.69, 9.17) is 23.7 Å². The molecule has 0 saturated carbocycles. The van der Waals surface area contributed by atoms with Crippen LogP contribution in [0.1, 0.15) is 75.5 Å². The maximum absolute atomic E-state index is 13.1. The number of carbonyl (C=O) groups is 2. The van der Waals surface area contributed by atoms with Crippen molar-refractivity contribution in [2.24, 2.45) is 0 Å². The Balaban J connectivity index is 1.20. The molecular formula is C40H54N4O7. The molecule has 1 N–H and O–H groups in total. The Hall–Kier alpha value is -4.35. The molecule has 1 fully saturated rings. The highest BCUT2D eigenvalue weighted by molar-refractivity contribution is 5.96. The van der Waals surface area contributed by atoms with E-state index in [0.29, 0.717) is 45.9 Å². The molecule has 0 bridgehead atoms. The van der Waals surface area contributed by atoms with Crippen LogP contribution in [0.5, 0.6) is 11.5 Å². The molecule has 2 aliphatic heterocycles. The molecule has 3 aromatic rings. The van der Waals surface area contributed by atoms with Gasteiger partial charge in [-0.3, -0.25) is 4.79 Å². The average molecular weight is 703 g/mol. The number of pyridine rings is 1. The molecule has 1 aromatic heterocycles. The van der Waals surface area contributed by atoms with Gasteiger partial charge in [-0.1, -0.05) is 24.3 Å². The Morgan fingerprint density at radius 2 is 1.82 bits per heavy atom. The summed E-state index contributed by atoms with van der Waals surface area (Å²) in [5, 5.41) is 3.32. The molecule has 11 nitrogen and oxygen atoms in total. The monoisotopic (exact) mass is 702 g/mol. The first-order valence-corrected chi connectivity index (χ1v) is 18.1. The Labute approximate surface area is 302 Å². The number of aromatic nitrogens is 1. The van der Waals surface area contributed by atoms with E-state index in [0.717, 1.165) is 72.8 Å². The van der Waals surface area contributed by atoms with Crippen LogP contribution < -0.4 is 19.7 Å². The third-order valence-electron chi connectivity index (χ3n) is 9.19. The molecule has 0 spiro atoms. The number of carbonyl (C=O) groups excluding carboxylic acids is 2. The van der Waals surface area contributed by atoms with Gasteiger partial charge in [0, 0.05) is 57.6 Å². The van der Waals surface area contributed by atoms with Crippen molar-refractivity contribution >= 4 is 23.5 Å². The smallest absolute Gasteiger partial charge is 0.410 e. The number of anilines is 2. The van der Waals surface area contributed by atoms with Crippen molar-refractivity contribution in [3.05, 3.63) is 77.5 Å². The quantitative estimate of drug-likeness (QED) is 0.158. The summed E-state index contributed by atoms with van der Waals surface area (Å²) in [5.41, 5.74) is 3.68. The van der Waals surface area contributed by atoms with Crippen LogP contribution in [0.15, 0.2) is 60.8 Å². The zero-order chi connectivity index (χ0) is 36.2. The number of methoxy groups -OCH3 is 2. The van der Waals surface area contributed by atoms with Crippen molar-refractivity contribution in [3.8, 4) is 11.5 Å². The summed E-state index contributed by atoms with van der Waals surface area (Å²) in [7, 11) is 3.32. The van der Waals surface area contributed by atoms with E-state index < -0.39 is 5.60 Å². The van der Waals surface area contributed by atoms with Gasteiger partial charge in [-0.25, -0.2) is 9.78 Å². The first-order valence-electron chi connectivity index (χ1n) is 18.1. The molecule has 51 heavy (non-hydrogen) atoms. The number of likely N-dealkylation sites (tertiary alicyclic amines) is 1. The third-order valence-corrected chi connectivity index (χ3v) is 9.19. The van der Waals surface area contributed by atoms with Crippen LogP contribution in [0.25, 0.3) is 0 Å². The lowest BCUT2D eigenvalue weighted by atomic mass is 9.87. The molecule has 2 unspecified atom stereocenters. The lowest BCUT2D eigenvalue weighted by molar-refractivity contribution is -0.118. The fraction of sp³-hybridized carbons (Fsp3) is 0.525. The predicted octanol–water partition coefficient (Wildman–Crippen LogP) is 6.99. The van der Waals surface area contributed by atoms with Crippen LogP contribution in [0.2, 0.25) is 0 Å². The molecule has 2 atom stereocenters. The average Bonchev–Trinajstić information content (AvgIpc) is 3.12. The lowest BCUT2D eigenvalue weighted by Crippen LogP contribution is -2.48. The number of aryl methyl sites for hydroxylation is 1. The van der Waals surface area contributed by atoms with Gasteiger partial charge in [-0.05, 0) is 99.9 Å². The van der Waals surface area contributed by atoms with Crippen molar-refractivity contribution in [1.29, 1.82) is 0 Å². The van der Waals surface area contributed by atoms with E-state index in [1.807, 2.05) is 49.9 Å². The van der Waals surface area contributed by atoms with Gasteiger partial charge in [-0.15, -0.1) is 0 Å². The van der Waals surface area contributed by atoms with Crippen LogP contribution in [0.4, 0.5) is 16.3 Å². The maximum atomic E-state index is 13.1. The molecule has 0 radical (unpaired) electrons. The first kappa shape index (κ1) is 37.9. The van der Waals surface area contributed by atoms with Gasteiger partial charge in [0.25, 0.3) is 0 Å². The van der Waals surface area contributed by atoms with Gasteiger partial charge in [0.15, 0.2) is 11.6 Å². The molecule has 1 saturated heterocycles. The largest absolute Gasteiger partial charge is 0.494 e. The highest BCUT2D eigenvalue weighted by Crippen LogP contribution is 2.34. The second kappa shape index (κ2) is 18.2. The van der Waals surface area contributed by atoms with Crippen LogP contribution in [-0.2, 0) is 32.0 Å². The van der Waals surface area contributed by atoms with E-state index in [1.165, 1.54) is 5.56 Å². The second-order valence-corrected chi connectivity index (χ2v) is 14.1. The SMILES string of the molecule is COCCCN1C(=O)CCc2ccc(COC3CN(C(=O)OC(C)(C)C)CCC3c3ccc(OCCCCNc4ncccc4OC)cc3)cc21. The summed E-state index contributed by atoms with van der Waals surface area (Å²) in [6.07, 6.45) is 5.76. The number of nitrogens with zero attached hydrogens (tertiary/aromatic N) is 3. The third kappa shape index (κ3) is 10.8. The van der Waals surface area contributed by atoms with Gasteiger partial charge in [-0.2, -0.15) is 0 Å². The molecule has 2 amide bonds. The Morgan fingerprint density at radius 1 is 1.00 bits per heavy atom. The number of amides is 2. The van der Waals surface area contributed by atoms with Crippen LogP contribution in [-0.4, -0.2) is 87.2 Å². The number of hydrogen-bond acceptors (Lipinski definition) is 9. The minimum Gasteiger partial charge on any atom is -0.494 e. The maximum Gasteiger partial charge on any atom is 0.410 e. The van der Waals surface area contributed by atoms with Crippen molar-refractivity contribution < 1.29 is 33.3 Å². The van der Waals surface area contributed by atoms with E-state index in [1.54, 1.807) is 25.3 Å². The number of unbranched alkanes of at least 4 members (excludes halogenated alkanes) is 1. The zero-order valence-corrected chi connectivity index (χ0v) is 30.8. The minimum atomic E-state index is -0.584. The fourth-order valence-corrected chi connectivity index (χ4v) is 6.57. The molecule has 276 valence electrons. The molecule has 2 aromatic carbocycles. The summed E-state index contributed by atoms with van der Waals surface area (Å²) in [6, 6.07) is 18.3. The zero-order valence-electron chi connectivity index (χ0n) is 30.8. The minimum absolute atomic E-state index is 0.0807. The number of rotatable bonds is 16. The van der Waals surface area contributed by atoms with Gasteiger partial charge in [0.2, 0.25) is 5.91 Å². The van der Waals surface area contributed by atoms with E-state index in [9.17, 15) is 9.59 Å². The highest BCUT2D eigenvalue weighted by Gasteiger charge is 2.35. The first-order chi connectivity index (χ1) is 24.6. The molecule has 5 rings (SSSR count). The summed E-state index contributed by atoms with van der Waals surface area (Å²) in [4.78, 5) is 33.9. The molecule has 3 heterocycles. The van der Waals surface area contributed by atoms with Crippen LogP contribution in [0, 0.1) is 0 Å². The number of benzene rings is 2. The molecule has 2 aliphatic rings. The standard InChI is InChI=1S/C40H54N4O7/c1-40(2,3)51-39(46)43-23-19-33(30-13-16-32(17-14-30)49-25-7-6-20-41-38-35(48-5)10-8-21-42-38)36(27-43)50-28-29-11-12-31-15-18-37(45)44(34(31)26-29)22-9-24-47-4/h8,10-14,16-17,21,26,33,36H,6-7,9,15,18-20,22-25,27-28H2,1-5H3,(H,41,42). The topological polar surface area (TPSA) is 112 Å². The van der Waals surface area contributed by atoms with Crippen molar-refractivity contribution in [2.75, 3.05) is 63.8 Å². The van der Waals surface area contributed by atoms with E-state index >= 15 is 0 Å². The van der Waals surface area contributed by atoms with E-state index in [2.05, 4.69) is 40.6 Å². The van der Waals surface area contributed by atoms with E-state index in [-0.39, 0.29) is 24.0 Å². The number of hydrogen-bond donors (Lipinski definition) is 1. The van der Waals surface area contributed by atoms with Crippen LogP contribution in [0.3, 0.4) is 0 Å². The second-order valence-electron chi connectivity index (χ2n) is 14.1. The normalized spacial score (nSPS) is 17.5. The summed E-state index contributed by atoms with van der Waals surface area (Å²) >= 11 is 0. The van der Waals surface area contributed by atoms with Gasteiger partial charge in [0.1, 0.15) is 11.4 Å². The van der Waals surface area contributed by atoms with Gasteiger partial charge in [0.05, 0.1) is 33.0 Å². The number of piperidine rings is 1. The Morgan fingerprint density at radius 3 is 2.59 bits per heavy atom. The summed E-state index contributed by atoms with van der Waals surface area (Å²) < 4.78 is 29.0. The summed E-state index contributed by atoms with van der Waals surface area (Å²) in [5.74, 6) is 2.52. The predicted molar refractivity (Wildman–Crippen MR) is 198 cm³/mol. The fourth-order valence-electron chi connectivity index (χ4n) is 6.57. The van der Waals surface area contributed by atoms with Gasteiger partial charge >= 0.3 is 6.09 Å².